The number of hydrogen-bond acceptors (Lipinski definition) is 3. The zero-order chi connectivity index (χ0) is 11.6. The minimum absolute atomic E-state index is 0.142. The van der Waals surface area contributed by atoms with Crippen LogP contribution in [-0.4, -0.2) is 5.11 Å². The molecule has 0 heterocycles. The molecule has 1 rings (SSSR count). The maximum Gasteiger partial charge on any atom is 0.143 e. The molecule has 3 heteroatoms. The summed E-state index contributed by atoms with van der Waals surface area (Å²) in [5, 5.41) is 9.86. The molecule has 0 saturated heterocycles. The van der Waals surface area contributed by atoms with Crippen LogP contribution < -0.4 is 11.5 Å². The largest absolute Gasteiger partial charge is 0.505 e. The molecule has 0 aliphatic rings. The lowest BCUT2D eigenvalue weighted by Crippen LogP contribution is -2.15. The summed E-state index contributed by atoms with van der Waals surface area (Å²) in [6, 6.07) is 3.45. The van der Waals surface area contributed by atoms with Gasteiger partial charge in [-0.05, 0) is 30.9 Å². The maximum absolute atomic E-state index is 9.86. The van der Waals surface area contributed by atoms with Gasteiger partial charge < -0.3 is 16.6 Å². The highest BCUT2D eigenvalue weighted by atomic mass is 16.3. The minimum Gasteiger partial charge on any atom is -0.505 e. The van der Waals surface area contributed by atoms with Gasteiger partial charge in [-0.1, -0.05) is 19.9 Å². The smallest absolute Gasteiger partial charge is 0.143 e. The van der Waals surface area contributed by atoms with Gasteiger partial charge in [-0.15, -0.1) is 0 Å². The van der Waals surface area contributed by atoms with Gasteiger partial charge in [0.15, 0.2) is 0 Å². The van der Waals surface area contributed by atoms with Crippen LogP contribution in [0.1, 0.15) is 37.4 Å². The van der Waals surface area contributed by atoms with Crippen molar-refractivity contribution in [3.8, 4) is 5.75 Å². The molecule has 0 bridgehead atoms. The first-order valence-electron chi connectivity index (χ1n) is 5.27. The molecule has 5 N–H and O–H groups in total. The van der Waals surface area contributed by atoms with Gasteiger partial charge in [0.2, 0.25) is 0 Å². The summed E-state index contributed by atoms with van der Waals surface area (Å²) in [6.45, 7) is 6.16. The molecule has 0 aliphatic heterocycles. The van der Waals surface area contributed by atoms with Crippen LogP contribution in [0, 0.1) is 12.8 Å². The number of phenols is 1. The van der Waals surface area contributed by atoms with Gasteiger partial charge in [-0.3, -0.25) is 0 Å². The number of aromatic hydroxyl groups is 1. The summed E-state index contributed by atoms with van der Waals surface area (Å²) in [6.07, 6.45) is 0.845. The molecule has 3 nitrogen and oxygen atoms in total. The Bertz CT molecular complexity index is 348. The van der Waals surface area contributed by atoms with Gasteiger partial charge in [0.1, 0.15) is 5.75 Å². The Kier molecular flexibility index (Phi) is 3.58. The maximum atomic E-state index is 9.86. The second kappa shape index (κ2) is 4.53. The third kappa shape index (κ3) is 2.63. The van der Waals surface area contributed by atoms with Crippen LogP contribution in [0.4, 0.5) is 5.69 Å². The van der Waals surface area contributed by atoms with Crippen LogP contribution in [0.5, 0.6) is 5.75 Å². The zero-order valence-electron chi connectivity index (χ0n) is 9.62. The van der Waals surface area contributed by atoms with Crippen molar-refractivity contribution >= 4 is 5.69 Å². The van der Waals surface area contributed by atoms with E-state index in [2.05, 4.69) is 13.8 Å². The van der Waals surface area contributed by atoms with Gasteiger partial charge >= 0.3 is 0 Å². The summed E-state index contributed by atoms with van der Waals surface area (Å²) in [4.78, 5) is 0. The monoisotopic (exact) mass is 208 g/mol. The fourth-order valence-electron chi connectivity index (χ4n) is 1.82. The SMILES string of the molecule is Cc1ccc(N)c(O)c1[C@H](N)CC(C)C. The molecule has 15 heavy (non-hydrogen) atoms. The molecular weight excluding hydrogens is 188 g/mol. The highest BCUT2D eigenvalue weighted by Crippen LogP contribution is 2.34. The van der Waals surface area contributed by atoms with Crippen LogP contribution in [0.25, 0.3) is 0 Å². The van der Waals surface area contributed by atoms with E-state index in [1.165, 1.54) is 0 Å². The Balaban J connectivity index is 3.07. The molecular formula is C12H20N2O. The molecule has 0 aliphatic carbocycles. The number of nitrogens with two attached hydrogens (primary N) is 2. The van der Waals surface area contributed by atoms with Crippen molar-refractivity contribution in [3.63, 3.8) is 0 Å². The normalized spacial score (nSPS) is 13.1. The molecule has 84 valence electrons. The van der Waals surface area contributed by atoms with Crippen LogP contribution in [0.2, 0.25) is 0 Å². The summed E-state index contributed by atoms with van der Waals surface area (Å²) in [7, 11) is 0. The average molecular weight is 208 g/mol. The average Bonchev–Trinajstić information content (AvgIpc) is 2.11. The minimum atomic E-state index is -0.145. The van der Waals surface area contributed by atoms with Crippen LogP contribution >= 0.6 is 0 Å². The quantitative estimate of drug-likeness (QED) is 0.527. The van der Waals surface area contributed by atoms with Crippen LogP contribution in [0.15, 0.2) is 12.1 Å². The van der Waals surface area contributed by atoms with Crippen molar-refractivity contribution in [2.24, 2.45) is 11.7 Å². The third-order valence-electron chi connectivity index (χ3n) is 2.56. The predicted molar refractivity (Wildman–Crippen MR) is 63.6 cm³/mol. The van der Waals surface area contributed by atoms with E-state index in [1.807, 2.05) is 13.0 Å². The highest BCUT2D eigenvalue weighted by Gasteiger charge is 2.16. The number of phenolic OH excluding ortho intramolecular Hbond substituents is 1. The molecule has 0 spiro atoms. The lowest BCUT2D eigenvalue weighted by molar-refractivity contribution is 0.446. The van der Waals surface area contributed by atoms with Crippen molar-refractivity contribution < 1.29 is 5.11 Å². The Labute approximate surface area is 91.1 Å². The number of nitrogen functional groups attached to an aromatic ring is 1. The predicted octanol–water partition coefficient (Wildman–Crippen LogP) is 2.33. The van der Waals surface area contributed by atoms with Crippen molar-refractivity contribution in [3.05, 3.63) is 23.3 Å². The zero-order valence-corrected chi connectivity index (χ0v) is 9.62. The van der Waals surface area contributed by atoms with Gasteiger partial charge in [-0.25, -0.2) is 0 Å². The van der Waals surface area contributed by atoms with E-state index in [1.54, 1.807) is 6.07 Å². The van der Waals surface area contributed by atoms with E-state index < -0.39 is 0 Å². The number of aryl methyl sites for hydroxylation is 1. The molecule has 0 amide bonds. The summed E-state index contributed by atoms with van der Waals surface area (Å²) < 4.78 is 0. The third-order valence-corrected chi connectivity index (χ3v) is 2.56. The van der Waals surface area contributed by atoms with E-state index in [0.29, 0.717) is 11.6 Å². The Morgan fingerprint density at radius 1 is 1.33 bits per heavy atom. The lowest BCUT2D eigenvalue weighted by Gasteiger charge is -2.19. The molecule has 1 atom stereocenters. The topological polar surface area (TPSA) is 72.3 Å². The first-order valence-corrected chi connectivity index (χ1v) is 5.27. The van der Waals surface area contributed by atoms with Crippen molar-refractivity contribution in [1.82, 2.24) is 0 Å². The van der Waals surface area contributed by atoms with Gasteiger partial charge in [0.05, 0.1) is 5.69 Å². The fourth-order valence-corrected chi connectivity index (χ4v) is 1.82. The standard InChI is InChI=1S/C12H20N2O/c1-7(2)6-10(14)11-8(3)4-5-9(13)12(11)15/h4-5,7,10,15H,6,13-14H2,1-3H3/t10-/m1/s1. The van der Waals surface area contributed by atoms with Crippen LogP contribution in [0.3, 0.4) is 0 Å². The highest BCUT2D eigenvalue weighted by molar-refractivity contribution is 5.59. The van der Waals surface area contributed by atoms with E-state index in [0.717, 1.165) is 17.5 Å². The Morgan fingerprint density at radius 2 is 1.93 bits per heavy atom. The first-order chi connectivity index (χ1) is 6.93. The number of anilines is 1. The van der Waals surface area contributed by atoms with Gasteiger partial charge in [-0.2, -0.15) is 0 Å². The van der Waals surface area contributed by atoms with Gasteiger partial charge in [0, 0.05) is 11.6 Å². The lowest BCUT2D eigenvalue weighted by atomic mass is 9.93. The summed E-state index contributed by atoms with van der Waals surface area (Å²) in [5.74, 6) is 0.642. The summed E-state index contributed by atoms with van der Waals surface area (Å²) >= 11 is 0. The second-order valence-corrected chi connectivity index (χ2v) is 4.47. The molecule has 0 aromatic heterocycles. The fraction of sp³-hybridized carbons (Fsp3) is 0.500. The number of benzene rings is 1. The molecule has 0 fully saturated rings. The van der Waals surface area contributed by atoms with E-state index >= 15 is 0 Å². The van der Waals surface area contributed by atoms with Crippen molar-refractivity contribution in [2.75, 3.05) is 5.73 Å². The molecule has 0 radical (unpaired) electrons. The van der Waals surface area contributed by atoms with Gasteiger partial charge in [0.25, 0.3) is 0 Å². The Morgan fingerprint density at radius 3 is 2.47 bits per heavy atom. The van der Waals surface area contributed by atoms with Crippen molar-refractivity contribution in [1.29, 1.82) is 0 Å². The van der Waals surface area contributed by atoms with E-state index in [9.17, 15) is 5.11 Å². The van der Waals surface area contributed by atoms with Crippen molar-refractivity contribution in [2.45, 2.75) is 33.2 Å². The molecule has 0 unspecified atom stereocenters. The van der Waals surface area contributed by atoms with Crippen LogP contribution in [-0.2, 0) is 0 Å². The molecule has 1 aromatic rings. The first kappa shape index (κ1) is 11.9. The molecule has 1 aromatic carbocycles. The number of rotatable bonds is 3. The van der Waals surface area contributed by atoms with E-state index in [4.69, 9.17) is 11.5 Å². The van der Waals surface area contributed by atoms with E-state index in [-0.39, 0.29) is 11.8 Å². The second-order valence-electron chi connectivity index (χ2n) is 4.47. The summed E-state index contributed by atoms with van der Waals surface area (Å²) in [5.41, 5.74) is 13.9. The Hall–Kier alpha value is -1.22. The number of hydrogen-bond donors (Lipinski definition) is 3. The molecule has 0 saturated carbocycles.